The number of aliphatic imine (C=N–C) groups is 1. The molecule has 0 amide bonds. The summed E-state index contributed by atoms with van der Waals surface area (Å²) in [7, 11) is 1.82. The summed E-state index contributed by atoms with van der Waals surface area (Å²) in [5, 5.41) is 13.1. The van der Waals surface area contributed by atoms with Crippen LogP contribution in [0.15, 0.2) is 47.3 Å². The summed E-state index contributed by atoms with van der Waals surface area (Å²) in [6.45, 7) is -0.350. The third kappa shape index (κ3) is 5.69. The van der Waals surface area contributed by atoms with E-state index in [1.165, 1.54) is 0 Å². The van der Waals surface area contributed by atoms with Crippen LogP contribution in [0.3, 0.4) is 0 Å². The maximum atomic E-state index is 12.2. The molecule has 7 heteroatoms. The number of hydrogen-bond acceptors (Lipinski definition) is 6. The normalized spacial score (nSPS) is 22.4. The lowest BCUT2D eigenvalue weighted by molar-refractivity contribution is 0.0575. The van der Waals surface area contributed by atoms with Crippen LogP contribution in [-0.4, -0.2) is 53.9 Å². The van der Waals surface area contributed by atoms with Crippen molar-refractivity contribution in [1.82, 2.24) is 4.98 Å². The Morgan fingerprint density at radius 1 is 1.48 bits per heavy atom. The highest BCUT2D eigenvalue weighted by atomic mass is 32.2. The smallest absolute Gasteiger partial charge is 0.125 e. The van der Waals surface area contributed by atoms with Crippen molar-refractivity contribution in [2.45, 2.75) is 6.10 Å². The van der Waals surface area contributed by atoms with Crippen molar-refractivity contribution in [3.8, 4) is 0 Å². The average Bonchev–Trinajstić information content (AvgIpc) is 2.71. The molecule has 1 atom stereocenters. The fourth-order valence-corrected chi connectivity index (χ4v) is 2.67. The molecule has 0 radical (unpaired) electrons. The number of aliphatic hydroxyl groups excluding tert-OH is 1. The molecule has 0 saturated heterocycles. The molecule has 0 fully saturated rings. The van der Waals surface area contributed by atoms with Gasteiger partial charge in [-0.3, -0.25) is 4.99 Å². The molecule has 1 aliphatic rings. The first kappa shape index (κ1) is 17.5. The predicted octanol–water partition coefficient (Wildman–Crippen LogP) is 2.40. The van der Waals surface area contributed by atoms with Crippen LogP contribution in [-0.2, 0) is 4.74 Å². The summed E-state index contributed by atoms with van der Waals surface area (Å²) in [5.41, 5.74) is 0.966. The topological polar surface area (TPSA) is 66.7 Å². The van der Waals surface area contributed by atoms with Gasteiger partial charge in [-0.1, -0.05) is 6.08 Å². The van der Waals surface area contributed by atoms with E-state index >= 15 is 0 Å². The predicted molar refractivity (Wildman–Crippen MR) is 92.8 cm³/mol. The number of nitrogens with one attached hydrogen (secondary N) is 1. The zero-order valence-corrected chi connectivity index (χ0v) is 13.7. The number of aliphatic hydroxyl groups is 1. The molecule has 1 aliphatic heterocycles. The second-order valence-electron chi connectivity index (χ2n) is 4.77. The Balaban J connectivity index is 1.99. The van der Waals surface area contributed by atoms with Crippen LogP contribution >= 0.6 is 11.8 Å². The van der Waals surface area contributed by atoms with E-state index in [1.807, 2.05) is 31.3 Å². The van der Waals surface area contributed by atoms with Gasteiger partial charge in [0, 0.05) is 24.6 Å². The molecule has 124 valence electrons. The highest BCUT2D eigenvalue weighted by molar-refractivity contribution is 8.14. The minimum Gasteiger partial charge on any atom is -0.491 e. The van der Waals surface area contributed by atoms with Crippen molar-refractivity contribution in [1.29, 1.82) is 0 Å². The number of pyridine rings is 1. The Morgan fingerprint density at radius 2 is 2.35 bits per heavy atom. The van der Waals surface area contributed by atoms with Crippen molar-refractivity contribution in [2.75, 3.05) is 37.9 Å². The van der Waals surface area contributed by atoms with Gasteiger partial charge in [0.2, 0.25) is 0 Å². The highest BCUT2D eigenvalue weighted by Crippen LogP contribution is 2.17. The summed E-state index contributed by atoms with van der Waals surface area (Å²) in [6, 6.07) is 3.88. The Kier molecular flexibility index (Phi) is 7.09. The largest absolute Gasteiger partial charge is 0.491 e. The van der Waals surface area contributed by atoms with Gasteiger partial charge < -0.3 is 15.2 Å². The summed E-state index contributed by atoms with van der Waals surface area (Å²) < 4.78 is 17.6. The highest BCUT2D eigenvalue weighted by Gasteiger charge is 2.08. The fourth-order valence-electron chi connectivity index (χ4n) is 1.81. The van der Waals surface area contributed by atoms with Gasteiger partial charge in [0.15, 0.2) is 0 Å². The van der Waals surface area contributed by atoms with E-state index < -0.39 is 12.8 Å². The first-order chi connectivity index (χ1) is 11.2. The Morgan fingerprint density at radius 3 is 3.04 bits per heavy atom. The molecule has 2 rings (SSSR count). The molecule has 0 aliphatic carbocycles. The molecule has 1 aromatic heterocycles. The van der Waals surface area contributed by atoms with Crippen molar-refractivity contribution < 1.29 is 14.2 Å². The van der Waals surface area contributed by atoms with E-state index in [1.54, 1.807) is 24.0 Å². The third-order valence-corrected chi connectivity index (χ3v) is 3.99. The lowest BCUT2D eigenvalue weighted by Gasteiger charge is -2.09. The lowest BCUT2D eigenvalue weighted by Crippen LogP contribution is -2.16. The van der Waals surface area contributed by atoms with E-state index in [4.69, 9.17) is 4.74 Å². The number of aromatic nitrogens is 1. The standard InChI is InChI=1S/C16H20FN3O2S/c1-18-15-5-4-12(10-20-15)16-19-7-2-3-14(6-8-23-16)22-11-13(21)9-17/h2-6,10,13,21H,7-9,11H2,1H3,(H,18,20)/b3-2-,14-6+,19-16-/t13-/m0/s1. The molecule has 0 unspecified atom stereocenters. The van der Waals surface area contributed by atoms with Crippen LogP contribution in [0.1, 0.15) is 5.56 Å². The van der Waals surface area contributed by atoms with Gasteiger partial charge in [-0.15, -0.1) is 11.8 Å². The van der Waals surface area contributed by atoms with E-state index in [0.717, 1.165) is 16.4 Å². The Hall–Kier alpha value is -1.86. The van der Waals surface area contributed by atoms with Gasteiger partial charge in [0.05, 0.1) is 11.6 Å². The van der Waals surface area contributed by atoms with E-state index in [0.29, 0.717) is 18.1 Å². The number of anilines is 1. The molecule has 2 heterocycles. The zero-order valence-electron chi connectivity index (χ0n) is 12.9. The van der Waals surface area contributed by atoms with E-state index in [2.05, 4.69) is 15.3 Å². The lowest BCUT2D eigenvalue weighted by atomic mass is 10.3. The number of alkyl halides is 1. The third-order valence-electron chi connectivity index (χ3n) is 3.01. The monoisotopic (exact) mass is 337 g/mol. The first-order valence-corrected chi connectivity index (χ1v) is 8.26. The van der Waals surface area contributed by atoms with Gasteiger partial charge >= 0.3 is 0 Å². The number of hydrogen-bond donors (Lipinski definition) is 2. The molecule has 1 aromatic rings. The van der Waals surface area contributed by atoms with Crippen LogP contribution in [0.5, 0.6) is 0 Å². The van der Waals surface area contributed by atoms with Crippen molar-refractivity contribution in [3.63, 3.8) is 0 Å². The quantitative estimate of drug-likeness (QED) is 0.834. The SMILES string of the molecule is CNc1ccc(/C2=N/C/C=C\C(OC[C@@H](O)CF)=C/CS2)cn1. The maximum Gasteiger partial charge on any atom is 0.125 e. The van der Waals surface area contributed by atoms with E-state index in [-0.39, 0.29) is 6.61 Å². The maximum absolute atomic E-state index is 12.2. The van der Waals surface area contributed by atoms with Crippen molar-refractivity contribution in [2.24, 2.45) is 4.99 Å². The minimum absolute atomic E-state index is 0.0551. The molecule has 5 nitrogen and oxygen atoms in total. The van der Waals surface area contributed by atoms with Crippen LogP contribution in [0, 0.1) is 0 Å². The summed E-state index contributed by atoms with van der Waals surface area (Å²) in [6.07, 6.45) is 6.25. The van der Waals surface area contributed by atoms with Crippen LogP contribution in [0.4, 0.5) is 10.2 Å². The van der Waals surface area contributed by atoms with Crippen molar-refractivity contribution in [3.05, 3.63) is 47.9 Å². The van der Waals surface area contributed by atoms with Crippen molar-refractivity contribution >= 4 is 22.6 Å². The first-order valence-electron chi connectivity index (χ1n) is 7.28. The van der Waals surface area contributed by atoms with Gasteiger partial charge in [0.1, 0.15) is 31.0 Å². The van der Waals surface area contributed by atoms with Crippen LogP contribution in [0.2, 0.25) is 0 Å². The van der Waals surface area contributed by atoms with Gasteiger partial charge in [-0.2, -0.15) is 0 Å². The Labute approximate surface area is 139 Å². The molecule has 0 saturated carbocycles. The van der Waals surface area contributed by atoms with Gasteiger partial charge in [-0.05, 0) is 24.3 Å². The van der Waals surface area contributed by atoms with E-state index in [9.17, 15) is 9.50 Å². The molecule has 2 N–H and O–H groups in total. The molecular weight excluding hydrogens is 317 g/mol. The van der Waals surface area contributed by atoms with Crippen LogP contribution < -0.4 is 5.32 Å². The average molecular weight is 337 g/mol. The number of thioether (sulfide) groups is 1. The minimum atomic E-state index is -1.09. The molecular formula is C16H20FN3O2S. The van der Waals surface area contributed by atoms with Gasteiger partial charge in [0.25, 0.3) is 0 Å². The second kappa shape index (κ2) is 9.32. The molecule has 23 heavy (non-hydrogen) atoms. The Bertz CT molecular complexity index is 587. The number of nitrogens with zero attached hydrogens (tertiary/aromatic N) is 2. The molecule has 0 aromatic carbocycles. The molecule has 0 spiro atoms. The second-order valence-corrected chi connectivity index (χ2v) is 5.78. The van der Waals surface area contributed by atoms with Gasteiger partial charge in [-0.25, -0.2) is 9.37 Å². The number of halogens is 1. The number of allylic oxidation sites excluding steroid dienone is 1. The fraction of sp³-hybridized carbons (Fsp3) is 0.375. The summed E-state index contributed by atoms with van der Waals surface area (Å²) >= 11 is 1.58. The van der Waals surface area contributed by atoms with Crippen LogP contribution in [0.25, 0.3) is 0 Å². The zero-order chi connectivity index (χ0) is 16.5. The summed E-state index contributed by atoms with van der Waals surface area (Å²) in [4.78, 5) is 8.85. The number of rotatable bonds is 6. The summed E-state index contributed by atoms with van der Waals surface area (Å²) in [5.74, 6) is 2.09. The molecule has 0 bridgehead atoms. The number of ether oxygens (including phenoxy) is 1.